The highest BCUT2D eigenvalue weighted by molar-refractivity contribution is 6.68. The molecule has 0 aromatic heterocycles. The van der Waals surface area contributed by atoms with Crippen LogP contribution in [0, 0.1) is 0 Å². The van der Waals surface area contributed by atoms with Gasteiger partial charge in [0.25, 0.3) is 0 Å². The zero-order chi connectivity index (χ0) is 15.8. The number of carbonyl (C=O) groups excluding carboxylic acids is 1. The number of nitrogens with one attached hydrogen (secondary N) is 2. The van der Waals surface area contributed by atoms with E-state index in [4.69, 9.17) is 34.8 Å². The third-order valence-electron chi connectivity index (χ3n) is 2.72. The van der Waals surface area contributed by atoms with E-state index in [0.29, 0.717) is 6.42 Å². The highest BCUT2D eigenvalue weighted by Gasteiger charge is 2.36. The Hall–Kier alpha value is 0.300. The van der Waals surface area contributed by atoms with Gasteiger partial charge in [-0.1, -0.05) is 67.4 Å². The van der Waals surface area contributed by atoms with Crippen LogP contribution in [0.3, 0.4) is 0 Å². The summed E-state index contributed by atoms with van der Waals surface area (Å²) in [6.45, 7) is 8.02. The van der Waals surface area contributed by atoms with Gasteiger partial charge in [-0.15, -0.1) is 0 Å². The fraction of sp³-hybridized carbons (Fsp3) is 0.929. The summed E-state index contributed by atoms with van der Waals surface area (Å²) < 4.78 is -1.58. The molecular weight excluding hydrogens is 319 g/mol. The molecule has 0 heterocycles. The third-order valence-corrected chi connectivity index (χ3v) is 3.37. The monoisotopic (exact) mass is 344 g/mol. The number of carbonyl (C=O) groups is 1. The van der Waals surface area contributed by atoms with Crippen molar-refractivity contribution in [3.05, 3.63) is 0 Å². The molecule has 0 aliphatic carbocycles. The number of hydrogen-bond donors (Lipinski definition) is 2. The fourth-order valence-corrected chi connectivity index (χ4v) is 2.08. The maximum absolute atomic E-state index is 11.9. The minimum absolute atomic E-state index is 0.0884. The van der Waals surface area contributed by atoms with Gasteiger partial charge < -0.3 is 5.32 Å². The van der Waals surface area contributed by atoms with E-state index >= 15 is 0 Å². The van der Waals surface area contributed by atoms with Crippen LogP contribution >= 0.6 is 34.8 Å². The minimum atomic E-state index is -1.58. The molecule has 0 saturated heterocycles. The van der Waals surface area contributed by atoms with E-state index in [2.05, 4.69) is 17.6 Å². The van der Waals surface area contributed by atoms with Crippen molar-refractivity contribution in [2.24, 2.45) is 0 Å². The van der Waals surface area contributed by atoms with Gasteiger partial charge >= 0.3 is 0 Å². The lowest BCUT2D eigenvalue weighted by Crippen LogP contribution is -2.58. The maximum atomic E-state index is 11.9. The molecule has 2 N–H and O–H groups in total. The standard InChI is InChI=1S/C14H27Cl3N2O/c1-5-6-7-8-9-10-11(20)18-12(14(15,16)17)19-13(2,3)4/h12,19H,5-10H2,1-4H3,(H,18,20)/t12-/m0/s1. The zero-order valence-corrected chi connectivity index (χ0v) is 15.1. The van der Waals surface area contributed by atoms with E-state index in [1.807, 2.05) is 20.8 Å². The van der Waals surface area contributed by atoms with Gasteiger partial charge in [-0.05, 0) is 27.2 Å². The number of rotatable bonds is 8. The molecule has 0 spiro atoms. The predicted octanol–water partition coefficient (Wildman–Crippen LogP) is 4.55. The Morgan fingerprint density at radius 1 is 1.05 bits per heavy atom. The first kappa shape index (κ1) is 20.3. The van der Waals surface area contributed by atoms with E-state index in [0.717, 1.165) is 19.3 Å². The van der Waals surface area contributed by atoms with Crippen molar-refractivity contribution in [1.82, 2.24) is 10.6 Å². The topological polar surface area (TPSA) is 41.1 Å². The van der Waals surface area contributed by atoms with Gasteiger partial charge in [0.1, 0.15) is 6.17 Å². The zero-order valence-electron chi connectivity index (χ0n) is 12.9. The molecule has 6 heteroatoms. The summed E-state index contributed by atoms with van der Waals surface area (Å²) >= 11 is 17.7. The van der Waals surface area contributed by atoms with E-state index < -0.39 is 9.96 Å². The molecular formula is C14H27Cl3N2O. The molecule has 20 heavy (non-hydrogen) atoms. The quantitative estimate of drug-likeness (QED) is 0.385. The Kier molecular flexibility index (Phi) is 9.48. The SMILES string of the molecule is CCCCCCCC(=O)N[C@@H](NC(C)(C)C)C(Cl)(Cl)Cl. The summed E-state index contributed by atoms with van der Waals surface area (Å²) in [7, 11) is 0. The van der Waals surface area contributed by atoms with Crippen LogP contribution in [0.5, 0.6) is 0 Å². The summed E-state index contributed by atoms with van der Waals surface area (Å²) in [5.74, 6) is -0.0884. The van der Waals surface area contributed by atoms with Crippen molar-refractivity contribution >= 4 is 40.7 Å². The second-order valence-corrected chi connectivity index (χ2v) is 8.47. The van der Waals surface area contributed by atoms with Gasteiger partial charge in [0.15, 0.2) is 0 Å². The molecule has 0 bridgehead atoms. The van der Waals surface area contributed by atoms with Crippen molar-refractivity contribution in [2.45, 2.75) is 81.7 Å². The summed E-state index contributed by atoms with van der Waals surface area (Å²) in [6.07, 6.45) is 5.27. The molecule has 1 amide bonds. The molecule has 0 aliphatic heterocycles. The first-order valence-electron chi connectivity index (χ1n) is 7.20. The smallest absolute Gasteiger partial charge is 0.223 e. The first-order valence-corrected chi connectivity index (χ1v) is 8.33. The predicted molar refractivity (Wildman–Crippen MR) is 88.5 cm³/mol. The molecule has 3 nitrogen and oxygen atoms in total. The molecule has 0 aliphatic rings. The lowest BCUT2D eigenvalue weighted by atomic mass is 10.1. The van der Waals surface area contributed by atoms with E-state index in [9.17, 15) is 4.79 Å². The van der Waals surface area contributed by atoms with Gasteiger partial charge in [-0.2, -0.15) is 0 Å². The van der Waals surface area contributed by atoms with Crippen LogP contribution in [0.25, 0.3) is 0 Å². The van der Waals surface area contributed by atoms with Crippen molar-refractivity contribution in [2.75, 3.05) is 0 Å². The molecule has 0 radical (unpaired) electrons. The average molecular weight is 346 g/mol. The van der Waals surface area contributed by atoms with Gasteiger partial charge in [0.2, 0.25) is 9.70 Å². The van der Waals surface area contributed by atoms with Crippen molar-refractivity contribution in [3.8, 4) is 0 Å². The Balaban J connectivity index is 4.20. The third kappa shape index (κ3) is 11.0. The molecule has 0 aromatic carbocycles. The lowest BCUT2D eigenvalue weighted by Gasteiger charge is -2.33. The number of unbranched alkanes of at least 4 members (excludes halogenated alkanes) is 4. The Morgan fingerprint density at radius 3 is 2.05 bits per heavy atom. The van der Waals surface area contributed by atoms with Crippen LogP contribution in [-0.2, 0) is 4.79 Å². The van der Waals surface area contributed by atoms with Crippen molar-refractivity contribution < 1.29 is 4.79 Å². The van der Waals surface area contributed by atoms with Crippen LogP contribution in [0.1, 0.15) is 66.2 Å². The first-order chi connectivity index (χ1) is 9.06. The number of alkyl halides is 3. The van der Waals surface area contributed by atoms with Crippen LogP contribution in [0.15, 0.2) is 0 Å². The second kappa shape index (κ2) is 9.34. The molecule has 0 aromatic rings. The second-order valence-electron chi connectivity index (χ2n) is 6.10. The Labute approximate surface area is 138 Å². The van der Waals surface area contributed by atoms with E-state index in [1.165, 1.54) is 12.8 Å². The normalized spacial score (nSPS) is 14.2. The average Bonchev–Trinajstić information content (AvgIpc) is 2.25. The molecule has 0 rings (SSSR count). The molecule has 120 valence electrons. The van der Waals surface area contributed by atoms with Gasteiger partial charge in [-0.25, -0.2) is 0 Å². The Bertz CT molecular complexity index is 285. The van der Waals surface area contributed by atoms with Crippen molar-refractivity contribution in [1.29, 1.82) is 0 Å². The molecule has 0 saturated carbocycles. The highest BCUT2D eigenvalue weighted by Crippen LogP contribution is 2.30. The minimum Gasteiger partial charge on any atom is -0.337 e. The Morgan fingerprint density at radius 2 is 1.60 bits per heavy atom. The summed E-state index contributed by atoms with van der Waals surface area (Å²) in [5.41, 5.74) is -0.261. The van der Waals surface area contributed by atoms with Crippen LogP contribution in [0.2, 0.25) is 0 Å². The van der Waals surface area contributed by atoms with E-state index in [-0.39, 0.29) is 11.4 Å². The highest BCUT2D eigenvalue weighted by atomic mass is 35.6. The van der Waals surface area contributed by atoms with E-state index in [1.54, 1.807) is 0 Å². The summed E-state index contributed by atoms with van der Waals surface area (Å²) in [5, 5.41) is 5.87. The summed E-state index contributed by atoms with van der Waals surface area (Å²) in [6, 6.07) is 0. The molecule has 1 atom stereocenters. The lowest BCUT2D eigenvalue weighted by molar-refractivity contribution is -0.122. The maximum Gasteiger partial charge on any atom is 0.223 e. The number of hydrogen-bond acceptors (Lipinski definition) is 2. The molecule has 0 unspecified atom stereocenters. The summed E-state index contributed by atoms with van der Waals surface area (Å²) in [4.78, 5) is 11.9. The van der Waals surface area contributed by atoms with Crippen molar-refractivity contribution in [3.63, 3.8) is 0 Å². The number of halogens is 3. The van der Waals surface area contributed by atoms with Gasteiger partial charge in [-0.3, -0.25) is 10.1 Å². The van der Waals surface area contributed by atoms with Gasteiger partial charge in [0.05, 0.1) is 0 Å². The van der Waals surface area contributed by atoms with Crippen LogP contribution < -0.4 is 10.6 Å². The van der Waals surface area contributed by atoms with Crippen LogP contribution in [-0.4, -0.2) is 21.4 Å². The van der Waals surface area contributed by atoms with Crippen LogP contribution in [0.4, 0.5) is 0 Å². The molecule has 0 fully saturated rings. The van der Waals surface area contributed by atoms with Gasteiger partial charge in [0, 0.05) is 12.0 Å². The largest absolute Gasteiger partial charge is 0.337 e. The number of amides is 1. The fourth-order valence-electron chi connectivity index (χ4n) is 1.76.